The molecule has 3 N–H and O–H groups in total. The van der Waals surface area contributed by atoms with Gasteiger partial charge in [0.25, 0.3) is 0 Å². The second kappa shape index (κ2) is 9.25. The van der Waals surface area contributed by atoms with Crippen molar-refractivity contribution >= 4 is 19.3 Å². The van der Waals surface area contributed by atoms with Gasteiger partial charge in [0.1, 0.15) is 6.10 Å². The molecule has 1 unspecified atom stereocenters. The third-order valence-corrected chi connectivity index (χ3v) is 5.21. The van der Waals surface area contributed by atoms with E-state index in [2.05, 4.69) is 5.32 Å². The molecule has 1 heterocycles. The third-order valence-electron chi connectivity index (χ3n) is 4.21. The van der Waals surface area contributed by atoms with Crippen molar-refractivity contribution in [3.8, 4) is 0 Å². The number of carboxylic acid groups (broad SMARTS) is 1. The molecular weight excluding hydrogens is 329 g/mol. The van der Waals surface area contributed by atoms with Crippen LogP contribution in [0.25, 0.3) is 0 Å². The number of ether oxygens (including phenoxy) is 1. The molecule has 24 heavy (non-hydrogen) atoms. The minimum Gasteiger partial charge on any atom is -0.603 e. The molecule has 7 heteroatoms. The Hall–Kier alpha value is -1.30. The molecule has 2 rings (SSSR count). The SMILES string of the molecule is CCCCC([C@@H]1CN[C@H](Cc2ccccc2C(=O)O)CO1)=[P+]([O-])O. The Labute approximate surface area is 143 Å². The first kappa shape index (κ1) is 19.0. The number of carbonyl (C=O) groups is 1. The Balaban J connectivity index is 1.96. The Morgan fingerprint density at radius 3 is 2.79 bits per heavy atom. The summed E-state index contributed by atoms with van der Waals surface area (Å²) in [5.41, 5.74) is 1.06. The fourth-order valence-corrected chi connectivity index (χ4v) is 3.64. The van der Waals surface area contributed by atoms with Crippen LogP contribution in [0, 0.1) is 0 Å². The van der Waals surface area contributed by atoms with Crippen molar-refractivity contribution in [3.05, 3.63) is 35.4 Å². The molecule has 1 aliphatic rings. The van der Waals surface area contributed by atoms with Crippen LogP contribution in [0.3, 0.4) is 0 Å². The fraction of sp³-hybridized carbons (Fsp3) is 0.529. The summed E-state index contributed by atoms with van der Waals surface area (Å²) in [7, 11) is -2.35. The highest BCUT2D eigenvalue weighted by Gasteiger charge is 2.29. The molecule has 0 saturated carbocycles. The lowest BCUT2D eigenvalue weighted by Crippen LogP contribution is -2.50. The topological polar surface area (TPSA) is 102 Å². The number of hydrogen-bond donors (Lipinski definition) is 3. The summed E-state index contributed by atoms with van der Waals surface area (Å²) in [6, 6.07) is 6.92. The minimum absolute atomic E-state index is 0.00857. The van der Waals surface area contributed by atoms with Crippen molar-refractivity contribution < 1.29 is 24.4 Å². The zero-order valence-corrected chi connectivity index (χ0v) is 14.7. The van der Waals surface area contributed by atoms with E-state index in [1.54, 1.807) is 18.2 Å². The first-order chi connectivity index (χ1) is 11.5. The van der Waals surface area contributed by atoms with E-state index in [9.17, 15) is 19.7 Å². The van der Waals surface area contributed by atoms with Gasteiger partial charge in [0.05, 0.1) is 12.2 Å². The van der Waals surface area contributed by atoms with Gasteiger partial charge in [0.2, 0.25) is 8.00 Å². The molecule has 0 spiro atoms. The van der Waals surface area contributed by atoms with Crippen LogP contribution in [-0.2, 0) is 11.2 Å². The maximum absolute atomic E-state index is 11.5. The fourth-order valence-electron chi connectivity index (χ4n) is 2.88. The molecule has 0 aromatic heterocycles. The number of hydrogen-bond acceptors (Lipinski definition) is 5. The van der Waals surface area contributed by atoms with Gasteiger partial charge in [-0.25, -0.2) is 4.79 Å². The van der Waals surface area contributed by atoms with Crippen molar-refractivity contribution in [2.75, 3.05) is 13.2 Å². The van der Waals surface area contributed by atoms with Crippen LogP contribution in [0.1, 0.15) is 42.1 Å². The second-order valence-electron chi connectivity index (χ2n) is 5.96. The molecule has 6 nitrogen and oxygen atoms in total. The first-order valence-corrected chi connectivity index (χ1v) is 9.42. The van der Waals surface area contributed by atoms with E-state index in [1.807, 2.05) is 13.0 Å². The van der Waals surface area contributed by atoms with Gasteiger partial charge < -0.3 is 20.1 Å². The molecule has 1 fully saturated rings. The number of nitrogens with one attached hydrogen (secondary N) is 1. The molecule has 0 radical (unpaired) electrons. The Bertz CT molecular complexity index is 592. The molecule has 1 saturated heterocycles. The highest BCUT2D eigenvalue weighted by Crippen LogP contribution is 2.20. The predicted octanol–water partition coefficient (Wildman–Crippen LogP) is 1.31. The number of carboxylic acids is 1. The van der Waals surface area contributed by atoms with Crippen LogP contribution >= 0.6 is 8.00 Å². The van der Waals surface area contributed by atoms with E-state index in [0.29, 0.717) is 36.9 Å². The number of aromatic carboxylic acids is 1. The zero-order chi connectivity index (χ0) is 17.5. The molecule has 3 atom stereocenters. The molecule has 1 aromatic carbocycles. The van der Waals surface area contributed by atoms with E-state index in [0.717, 1.165) is 18.4 Å². The number of rotatable bonds is 7. The van der Waals surface area contributed by atoms with Gasteiger partial charge in [-0.1, -0.05) is 31.5 Å². The molecule has 0 amide bonds. The summed E-state index contributed by atoms with van der Waals surface area (Å²) >= 11 is 0. The average molecular weight is 353 g/mol. The van der Waals surface area contributed by atoms with Crippen molar-refractivity contribution in [1.29, 1.82) is 0 Å². The largest absolute Gasteiger partial charge is 0.603 e. The lowest BCUT2D eigenvalue weighted by molar-refractivity contribution is -0.168. The second-order valence-corrected chi connectivity index (χ2v) is 7.08. The summed E-state index contributed by atoms with van der Waals surface area (Å²) in [4.78, 5) is 32.3. The maximum Gasteiger partial charge on any atom is 0.335 e. The normalized spacial score (nSPS) is 22.1. The Kier molecular flexibility index (Phi) is 7.34. The summed E-state index contributed by atoms with van der Waals surface area (Å²) in [5, 5.41) is 13.1. The smallest absolute Gasteiger partial charge is 0.335 e. The van der Waals surface area contributed by atoms with Gasteiger partial charge in [0, 0.05) is 19.0 Å². The Morgan fingerprint density at radius 2 is 2.21 bits per heavy atom. The molecule has 1 aromatic rings. The maximum atomic E-state index is 11.5. The molecule has 0 bridgehead atoms. The van der Waals surface area contributed by atoms with E-state index < -0.39 is 14.0 Å². The standard InChI is InChI=1S/C17H24NO5P/c1-2-3-8-16(24(21)22)15-10-18-13(11-23-15)9-12-6-4-5-7-14(12)17(19)20/h4-7,13,15,18H,2-3,8-11H2,1H3,(H,19,20)(H,21,22)/t13-,15+/m1/s1. The van der Waals surface area contributed by atoms with Gasteiger partial charge in [-0.05, 0) is 24.5 Å². The minimum atomic E-state index is -2.35. The summed E-state index contributed by atoms with van der Waals surface area (Å²) in [5.74, 6) is -0.937. The highest BCUT2D eigenvalue weighted by molar-refractivity contribution is 7.46. The van der Waals surface area contributed by atoms with Gasteiger partial charge in [-0.15, -0.1) is 0 Å². The van der Waals surface area contributed by atoms with Crippen LogP contribution < -0.4 is 10.2 Å². The number of morpholine rings is 1. The van der Waals surface area contributed by atoms with Crippen molar-refractivity contribution in [2.45, 2.75) is 44.8 Å². The molecule has 1 aliphatic heterocycles. The van der Waals surface area contributed by atoms with E-state index in [4.69, 9.17) is 4.74 Å². The average Bonchev–Trinajstić information content (AvgIpc) is 2.56. The van der Waals surface area contributed by atoms with Crippen molar-refractivity contribution in [2.24, 2.45) is 0 Å². The summed E-state index contributed by atoms with van der Waals surface area (Å²) in [6.07, 6.45) is 2.62. The summed E-state index contributed by atoms with van der Waals surface area (Å²) in [6.45, 7) is 2.90. The van der Waals surface area contributed by atoms with Gasteiger partial charge in [0.15, 0.2) is 5.29 Å². The lowest BCUT2D eigenvalue weighted by atomic mass is 9.99. The zero-order valence-electron chi connectivity index (χ0n) is 13.8. The van der Waals surface area contributed by atoms with Gasteiger partial charge in [-0.3, -0.25) is 0 Å². The van der Waals surface area contributed by atoms with Crippen LogP contribution in [0.2, 0.25) is 0 Å². The number of benzene rings is 1. The van der Waals surface area contributed by atoms with Crippen LogP contribution in [0.5, 0.6) is 0 Å². The first-order valence-electron chi connectivity index (χ1n) is 8.21. The van der Waals surface area contributed by atoms with Gasteiger partial charge >= 0.3 is 5.97 Å². The van der Waals surface area contributed by atoms with Crippen LogP contribution in [0.15, 0.2) is 24.3 Å². The van der Waals surface area contributed by atoms with Crippen molar-refractivity contribution in [1.82, 2.24) is 5.32 Å². The monoisotopic (exact) mass is 353 g/mol. The van der Waals surface area contributed by atoms with Crippen LogP contribution in [-0.4, -0.2) is 46.6 Å². The lowest BCUT2D eigenvalue weighted by Gasteiger charge is -2.30. The van der Waals surface area contributed by atoms with Crippen molar-refractivity contribution in [3.63, 3.8) is 0 Å². The number of unbranched alkanes of at least 4 members (excludes halogenated alkanes) is 1. The molecule has 0 aliphatic carbocycles. The third kappa shape index (κ3) is 5.10. The van der Waals surface area contributed by atoms with E-state index in [-0.39, 0.29) is 12.1 Å². The predicted molar refractivity (Wildman–Crippen MR) is 92.3 cm³/mol. The molecule has 132 valence electrons. The Morgan fingerprint density at radius 1 is 1.46 bits per heavy atom. The van der Waals surface area contributed by atoms with Crippen LogP contribution in [0.4, 0.5) is 0 Å². The highest BCUT2D eigenvalue weighted by atomic mass is 31.1. The quantitative estimate of drug-likeness (QED) is 0.639. The van der Waals surface area contributed by atoms with E-state index >= 15 is 0 Å². The van der Waals surface area contributed by atoms with Gasteiger partial charge in [-0.2, -0.15) is 4.89 Å². The summed E-state index contributed by atoms with van der Waals surface area (Å²) < 4.78 is 5.79. The molecular formula is C17H24NO5P. The van der Waals surface area contributed by atoms with E-state index in [1.165, 1.54) is 0 Å².